The van der Waals surface area contributed by atoms with Gasteiger partial charge in [0.2, 0.25) is 15.9 Å². The molecule has 2 aromatic rings. The van der Waals surface area contributed by atoms with Gasteiger partial charge in [0, 0.05) is 11.8 Å². The molecule has 0 unspecified atom stereocenters. The zero-order valence-corrected chi connectivity index (χ0v) is 16.9. The highest BCUT2D eigenvalue weighted by Crippen LogP contribution is 2.27. The molecule has 0 bridgehead atoms. The Bertz CT molecular complexity index is 1060. The minimum Gasteiger partial charge on any atom is -0.465 e. The fraction of sp³-hybridized carbons (Fsp3) is 0.176. The van der Waals surface area contributed by atoms with Crippen molar-refractivity contribution >= 4 is 50.6 Å². The fourth-order valence-electron chi connectivity index (χ4n) is 2.34. The summed E-state index contributed by atoms with van der Waals surface area (Å²) in [6.07, 6.45) is 0.918. The number of nitro groups is 1. The Morgan fingerprint density at radius 2 is 1.83 bits per heavy atom. The third-order valence-corrected chi connectivity index (χ3v) is 5.15. The predicted octanol–water partition coefficient (Wildman–Crippen LogP) is 2.44. The summed E-state index contributed by atoms with van der Waals surface area (Å²) in [5, 5.41) is 13.2. The van der Waals surface area contributed by atoms with E-state index in [0.717, 1.165) is 16.6 Å². The van der Waals surface area contributed by atoms with Crippen LogP contribution in [0.3, 0.4) is 0 Å². The SMILES string of the molecule is COC(=O)c1ccc(N(CC(=O)Nc2ccc(Cl)c([N+](=O)[O-])c2)S(C)(=O)=O)cc1. The lowest BCUT2D eigenvalue weighted by molar-refractivity contribution is -0.384. The molecule has 12 heteroatoms. The predicted molar refractivity (Wildman–Crippen MR) is 107 cm³/mol. The number of benzene rings is 2. The molecule has 0 atom stereocenters. The van der Waals surface area contributed by atoms with Crippen molar-refractivity contribution in [3.05, 3.63) is 63.2 Å². The van der Waals surface area contributed by atoms with E-state index < -0.39 is 39.1 Å². The number of hydrogen-bond acceptors (Lipinski definition) is 7. The van der Waals surface area contributed by atoms with Gasteiger partial charge in [-0.3, -0.25) is 19.2 Å². The van der Waals surface area contributed by atoms with Crippen molar-refractivity contribution in [2.75, 3.05) is 29.5 Å². The topological polar surface area (TPSA) is 136 Å². The molecule has 0 aliphatic carbocycles. The molecular weight excluding hydrogens is 426 g/mol. The molecule has 2 rings (SSSR count). The lowest BCUT2D eigenvalue weighted by atomic mass is 10.2. The first-order chi connectivity index (χ1) is 13.5. The standard InChI is InChI=1S/C17H16ClN3O7S/c1-28-17(23)11-3-6-13(7-4-11)20(29(2,26)27)10-16(22)19-12-5-8-14(18)15(9-12)21(24)25/h3-9H,10H2,1-2H3,(H,19,22). The number of nitro benzene ring substituents is 1. The summed E-state index contributed by atoms with van der Waals surface area (Å²) in [7, 11) is -2.63. The number of nitrogens with one attached hydrogen (secondary N) is 1. The van der Waals surface area contributed by atoms with Crippen LogP contribution >= 0.6 is 11.6 Å². The third-order valence-electron chi connectivity index (χ3n) is 3.69. The largest absolute Gasteiger partial charge is 0.465 e. The smallest absolute Gasteiger partial charge is 0.337 e. The number of carbonyl (C=O) groups is 2. The molecule has 0 radical (unpaired) electrons. The van der Waals surface area contributed by atoms with Gasteiger partial charge >= 0.3 is 5.97 Å². The van der Waals surface area contributed by atoms with Gasteiger partial charge < -0.3 is 10.1 Å². The average Bonchev–Trinajstić information content (AvgIpc) is 2.66. The molecule has 0 aliphatic rings. The molecule has 0 saturated heterocycles. The first-order valence-corrected chi connectivity index (χ1v) is 10.2. The fourth-order valence-corrected chi connectivity index (χ4v) is 3.39. The number of amides is 1. The van der Waals surface area contributed by atoms with Crippen molar-refractivity contribution in [2.45, 2.75) is 0 Å². The van der Waals surface area contributed by atoms with Crippen molar-refractivity contribution in [2.24, 2.45) is 0 Å². The molecule has 0 saturated carbocycles. The summed E-state index contributed by atoms with van der Waals surface area (Å²) in [5.41, 5.74) is 0.0449. The van der Waals surface area contributed by atoms with Crippen LogP contribution in [0.15, 0.2) is 42.5 Å². The van der Waals surface area contributed by atoms with E-state index in [1.807, 2.05) is 0 Å². The molecule has 29 heavy (non-hydrogen) atoms. The summed E-state index contributed by atoms with van der Waals surface area (Å²) in [4.78, 5) is 34.1. The van der Waals surface area contributed by atoms with Gasteiger partial charge in [0.25, 0.3) is 5.69 Å². The lowest BCUT2D eigenvalue weighted by Gasteiger charge is -2.22. The van der Waals surface area contributed by atoms with E-state index in [0.29, 0.717) is 0 Å². The quantitative estimate of drug-likeness (QED) is 0.396. The summed E-state index contributed by atoms with van der Waals surface area (Å²) < 4.78 is 29.7. The van der Waals surface area contributed by atoms with E-state index >= 15 is 0 Å². The number of hydrogen-bond donors (Lipinski definition) is 1. The van der Waals surface area contributed by atoms with Crippen LogP contribution in [0.25, 0.3) is 0 Å². The molecule has 2 aromatic carbocycles. The van der Waals surface area contributed by atoms with Crippen LogP contribution in [0.1, 0.15) is 10.4 Å². The summed E-state index contributed by atoms with van der Waals surface area (Å²) in [5.74, 6) is -1.33. The highest BCUT2D eigenvalue weighted by molar-refractivity contribution is 7.92. The van der Waals surface area contributed by atoms with E-state index in [9.17, 15) is 28.1 Å². The number of esters is 1. The van der Waals surface area contributed by atoms with Gasteiger partial charge in [-0.15, -0.1) is 0 Å². The number of anilines is 2. The van der Waals surface area contributed by atoms with Gasteiger partial charge in [0.05, 0.1) is 29.5 Å². The Hall–Kier alpha value is -3.18. The normalized spacial score (nSPS) is 10.9. The monoisotopic (exact) mass is 441 g/mol. The van der Waals surface area contributed by atoms with Gasteiger partial charge in [0.15, 0.2) is 0 Å². The molecule has 1 N–H and O–H groups in total. The number of sulfonamides is 1. The summed E-state index contributed by atoms with van der Waals surface area (Å²) >= 11 is 5.72. The van der Waals surface area contributed by atoms with Crippen molar-refractivity contribution < 1.29 is 27.7 Å². The zero-order chi connectivity index (χ0) is 21.8. The molecule has 0 fully saturated rings. The van der Waals surface area contributed by atoms with Crippen LogP contribution < -0.4 is 9.62 Å². The number of nitrogens with zero attached hydrogens (tertiary/aromatic N) is 2. The second-order valence-corrected chi connectivity index (χ2v) is 8.09. The first kappa shape index (κ1) is 22.1. The Morgan fingerprint density at radius 1 is 1.21 bits per heavy atom. The molecule has 0 aliphatic heterocycles. The van der Waals surface area contributed by atoms with Gasteiger partial charge in [-0.25, -0.2) is 13.2 Å². The number of rotatable bonds is 7. The van der Waals surface area contributed by atoms with Crippen molar-refractivity contribution in [1.29, 1.82) is 0 Å². The number of methoxy groups -OCH3 is 1. The molecular formula is C17H16ClN3O7S. The van der Waals surface area contributed by atoms with E-state index in [2.05, 4.69) is 10.1 Å². The molecule has 10 nitrogen and oxygen atoms in total. The highest BCUT2D eigenvalue weighted by Gasteiger charge is 2.22. The second kappa shape index (κ2) is 8.88. The van der Waals surface area contributed by atoms with Gasteiger partial charge in [-0.1, -0.05) is 11.6 Å². The number of carbonyl (C=O) groups excluding carboxylic acids is 2. The molecule has 1 amide bonds. The van der Waals surface area contributed by atoms with Crippen molar-refractivity contribution in [3.63, 3.8) is 0 Å². The third kappa shape index (κ3) is 5.65. The van der Waals surface area contributed by atoms with E-state index in [1.54, 1.807) is 0 Å². The zero-order valence-electron chi connectivity index (χ0n) is 15.3. The summed E-state index contributed by atoms with van der Waals surface area (Å²) in [6, 6.07) is 9.09. The maximum absolute atomic E-state index is 12.3. The minimum atomic E-state index is -3.85. The molecule has 0 heterocycles. The number of halogens is 1. The second-order valence-electron chi connectivity index (χ2n) is 5.78. The molecule has 0 spiro atoms. The molecule has 154 valence electrons. The van der Waals surface area contributed by atoms with E-state index in [1.165, 1.54) is 43.5 Å². The Balaban J connectivity index is 2.23. The van der Waals surface area contributed by atoms with E-state index in [4.69, 9.17) is 11.6 Å². The van der Waals surface area contributed by atoms with Crippen LogP contribution in [0.2, 0.25) is 5.02 Å². The van der Waals surface area contributed by atoms with Crippen LogP contribution in [0, 0.1) is 10.1 Å². The van der Waals surface area contributed by atoms with Gasteiger partial charge in [0.1, 0.15) is 11.6 Å². The Kier molecular flexibility index (Phi) is 6.77. The average molecular weight is 442 g/mol. The summed E-state index contributed by atoms with van der Waals surface area (Å²) in [6.45, 7) is -0.590. The van der Waals surface area contributed by atoms with Crippen LogP contribution in [0.5, 0.6) is 0 Å². The Morgan fingerprint density at radius 3 is 2.34 bits per heavy atom. The maximum Gasteiger partial charge on any atom is 0.337 e. The van der Waals surface area contributed by atoms with Crippen LogP contribution in [0.4, 0.5) is 17.1 Å². The maximum atomic E-state index is 12.3. The van der Waals surface area contributed by atoms with Crippen molar-refractivity contribution in [3.8, 4) is 0 Å². The van der Waals surface area contributed by atoms with Crippen LogP contribution in [-0.4, -0.2) is 45.1 Å². The number of ether oxygens (including phenoxy) is 1. The van der Waals surface area contributed by atoms with Gasteiger partial charge in [-0.05, 0) is 36.4 Å². The van der Waals surface area contributed by atoms with Crippen molar-refractivity contribution in [1.82, 2.24) is 0 Å². The highest BCUT2D eigenvalue weighted by atomic mass is 35.5. The first-order valence-electron chi connectivity index (χ1n) is 7.93. The molecule has 0 aromatic heterocycles. The van der Waals surface area contributed by atoms with Crippen LogP contribution in [-0.2, 0) is 19.6 Å². The Labute approximate surface area is 171 Å². The van der Waals surface area contributed by atoms with Gasteiger partial charge in [-0.2, -0.15) is 0 Å². The van der Waals surface area contributed by atoms with E-state index in [-0.39, 0.29) is 22.0 Å². The lowest BCUT2D eigenvalue weighted by Crippen LogP contribution is -2.37. The minimum absolute atomic E-state index is 0.0839.